The molecule has 5 nitrogen and oxygen atoms in total. The Hall–Kier alpha value is -1.14. The number of aromatic nitrogens is 1. The van der Waals surface area contributed by atoms with Crippen molar-refractivity contribution >= 4 is 25.8 Å². The van der Waals surface area contributed by atoms with Crippen molar-refractivity contribution in [1.29, 1.82) is 0 Å². The van der Waals surface area contributed by atoms with Gasteiger partial charge >= 0.3 is 9.24 Å². The van der Waals surface area contributed by atoms with Crippen LogP contribution in [0, 0.1) is 0 Å². The van der Waals surface area contributed by atoms with Crippen LogP contribution in [0.4, 0.5) is 0 Å². The van der Waals surface area contributed by atoms with Gasteiger partial charge in [0.05, 0.1) is 5.56 Å². The van der Waals surface area contributed by atoms with Crippen molar-refractivity contribution in [3.8, 4) is 0 Å². The number of carbonyl (C=O) groups excluding carboxylic acids is 1. The van der Waals surface area contributed by atoms with E-state index in [9.17, 15) is 13.2 Å². The van der Waals surface area contributed by atoms with Crippen LogP contribution in [0.25, 0.3) is 0 Å². The average molecular weight is 221 g/mol. The number of amides is 1. The van der Waals surface area contributed by atoms with E-state index in [2.05, 4.69) is 4.98 Å². The van der Waals surface area contributed by atoms with Gasteiger partial charge in [0, 0.05) is 23.1 Å². The van der Waals surface area contributed by atoms with Gasteiger partial charge in [-0.15, -0.1) is 0 Å². The molecule has 13 heavy (non-hydrogen) atoms. The van der Waals surface area contributed by atoms with Gasteiger partial charge in [0.15, 0.2) is 0 Å². The molecular weight excluding hydrogens is 216 g/mol. The molecule has 1 aromatic heterocycles. The maximum atomic E-state index is 11.0. The van der Waals surface area contributed by atoms with E-state index < -0.39 is 15.1 Å². The molecule has 1 heterocycles. The number of carbonyl (C=O) groups is 1. The molecule has 0 saturated carbocycles. The molecule has 1 aromatic rings. The van der Waals surface area contributed by atoms with E-state index in [1.165, 1.54) is 24.5 Å². The van der Waals surface area contributed by atoms with E-state index >= 15 is 0 Å². The predicted molar refractivity (Wildman–Crippen MR) is 46.5 cm³/mol. The molecule has 0 fully saturated rings. The minimum atomic E-state index is -4.03. The summed E-state index contributed by atoms with van der Waals surface area (Å²) in [5.41, 5.74) is 0.131. The molecule has 1 N–H and O–H groups in total. The first-order chi connectivity index (χ1) is 5.99. The first-order valence-corrected chi connectivity index (χ1v) is 5.47. The van der Waals surface area contributed by atoms with Crippen LogP contribution in [0.15, 0.2) is 24.5 Å². The molecule has 0 radical (unpaired) electrons. The Morgan fingerprint density at radius 2 is 2.23 bits per heavy atom. The van der Waals surface area contributed by atoms with E-state index in [0.717, 1.165) is 0 Å². The van der Waals surface area contributed by atoms with Gasteiger partial charge in [0.2, 0.25) is 0 Å². The number of nitrogens with one attached hydrogen (secondary N) is 1. The molecule has 0 atom stereocenters. The summed E-state index contributed by atoms with van der Waals surface area (Å²) in [6.07, 6.45) is 2.70. The predicted octanol–water partition coefficient (Wildman–Crippen LogP) is 0.295. The third-order valence-corrected chi connectivity index (χ3v) is 1.80. The highest BCUT2D eigenvalue weighted by molar-refractivity contribution is 8.12. The maximum Gasteiger partial charge on any atom is 0.321 e. The van der Waals surface area contributed by atoms with Gasteiger partial charge in [-0.25, -0.2) is 4.72 Å². The fraction of sp³-hybridized carbons (Fsp3) is 0. The molecule has 0 aliphatic carbocycles. The van der Waals surface area contributed by atoms with Gasteiger partial charge in [-0.3, -0.25) is 9.78 Å². The van der Waals surface area contributed by atoms with Crippen molar-refractivity contribution in [3.63, 3.8) is 0 Å². The monoisotopic (exact) mass is 220 g/mol. The Morgan fingerprint density at radius 1 is 1.54 bits per heavy atom. The number of hydrogen-bond donors (Lipinski definition) is 1. The molecule has 0 aliphatic heterocycles. The van der Waals surface area contributed by atoms with Crippen LogP contribution < -0.4 is 4.72 Å². The summed E-state index contributed by atoms with van der Waals surface area (Å²) in [5, 5.41) is 0. The molecule has 0 aliphatic rings. The molecule has 0 unspecified atom stereocenters. The van der Waals surface area contributed by atoms with Crippen molar-refractivity contribution in [2.45, 2.75) is 0 Å². The quantitative estimate of drug-likeness (QED) is 0.727. The first-order valence-electron chi connectivity index (χ1n) is 3.16. The Balaban J connectivity index is 2.82. The van der Waals surface area contributed by atoms with Crippen molar-refractivity contribution < 1.29 is 13.2 Å². The largest absolute Gasteiger partial charge is 0.321 e. The molecule has 7 heteroatoms. The van der Waals surface area contributed by atoms with E-state index in [0.29, 0.717) is 0 Å². The first kappa shape index (κ1) is 9.94. The molecule has 0 saturated heterocycles. The van der Waals surface area contributed by atoms with E-state index in [1.807, 2.05) is 0 Å². The van der Waals surface area contributed by atoms with E-state index in [1.54, 1.807) is 4.72 Å². The van der Waals surface area contributed by atoms with Crippen LogP contribution >= 0.6 is 10.7 Å². The summed E-state index contributed by atoms with van der Waals surface area (Å²) in [7, 11) is 0.771. The van der Waals surface area contributed by atoms with Gasteiger partial charge in [0.1, 0.15) is 0 Å². The summed E-state index contributed by atoms with van der Waals surface area (Å²) in [5.74, 6) is -0.803. The van der Waals surface area contributed by atoms with Gasteiger partial charge in [0.25, 0.3) is 5.91 Å². The summed E-state index contributed by atoms with van der Waals surface area (Å²) in [6.45, 7) is 0. The Bertz CT molecular complexity index is 403. The average Bonchev–Trinajstić information content (AvgIpc) is 2.03. The van der Waals surface area contributed by atoms with Crippen molar-refractivity contribution in [1.82, 2.24) is 9.71 Å². The molecule has 0 spiro atoms. The summed E-state index contributed by atoms with van der Waals surface area (Å²) in [4.78, 5) is 14.7. The van der Waals surface area contributed by atoms with Gasteiger partial charge < -0.3 is 0 Å². The zero-order valence-corrected chi connectivity index (χ0v) is 7.84. The number of rotatable bonds is 2. The normalized spacial score (nSPS) is 10.8. The summed E-state index contributed by atoms with van der Waals surface area (Å²) >= 11 is 0. The Labute approximate surface area is 79.3 Å². The third kappa shape index (κ3) is 3.39. The lowest BCUT2D eigenvalue weighted by Crippen LogP contribution is -2.26. The van der Waals surface area contributed by atoms with E-state index in [4.69, 9.17) is 10.7 Å². The van der Waals surface area contributed by atoms with Crippen LogP contribution in [0.3, 0.4) is 0 Å². The van der Waals surface area contributed by atoms with Crippen molar-refractivity contribution in [3.05, 3.63) is 30.1 Å². The van der Waals surface area contributed by atoms with Crippen LogP contribution in [-0.2, 0) is 9.24 Å². The number of hydrogen-bond acceptors (Lipinski definition) is 4. The van der Waals surface area contributed by atoms with Gasteiger partial charge in [-0.1, -0.05) is 0 Å². The lowest BCUT2D eigenvalue weighted by atomic mass is 10.3. The third-order valence-electron chi connectivity index (χ3n) is 1.14. The maximum absolute atomic E-state index is 11.0. The minimum absolute atomic E-state index is 0.131. The Kier molecular flexibility index (Phi) is 2.84. The molecule has 70 valence electrons. The second-order valence-electron chi connectivity index (χ2n) is 2.11. The number of halogens is 1. The second-order valence-corrected chi connectivity index (χ2v) is 4.41. The Morgan fingerprint density at radius 3 is 2.69 bits per heavy atom. The zero-order chi connectivity index (χ0) is 9.90. The number of nitrogens with zero attached hydrogens (tertiary/aromatic N) is 1. The van der Waals surface area contributed by atoms with E-state index in [-0.39, 0.29) is 5.56 Å². The molecule has 1 rings (SSSR count). The van der Waals surface area contributed by atoms with Crippen LogP contribution in [0.5, 0.6) is 0 Å². The van der Waals surface area contributed by atoms with Crippen molar-refractivity contribution in [2.75, 3.05) is 0 Å². The molecule has 1 amide bonds. The standard InChI is InChI=1S/C6H5ClN2O3S/c7-13(11,12)9-6(10)5-2-1-3-8-4-5/h1-4H,(H,9,10). The zero-order valence-electron chi connectivity index (χ0n) is 6.27. The van der Waals surface area contributed by atoms with Crippen LogP contribution in [0.2, 0.25) is 0 Å². The molecule has 0 bridgehead atoms. The van der Waals surface area contributed by atoms with Gasteiger partial charge in [-0.05, 0) is 12.1 Å². The topological polar surface area (TPSA) is 76.1 Å². The molecular formula is C6H5ClN2O3S. The fourth-order valence-electron chi connectivity index (χ4n) is 0.667. The smallest absolute Gasteiger partial charge is 0.268 e. The van der Waals surface area contributed by atoms with Crippen LogP contribution in [-0.4, -0.2) is 19.3 Å². The summed E-state index contributed by atoms with van der Waals surface area (Å²) in [6, 6.07) is 2.93. The minimum Gasteiger partial charge on any atom is -0.268 e. The second kappa shape index (κ2) is 3.71. The lowest BCUT2D eigenvalue weighted by molar-refractivity contribution is 0.0982. The van der Waals surface area contributed by atoms with Crippen LogP contribution in [0.1, 0.15) is 10.4 Å². The molecule has 0 aromatic carbocycles. The lowest BCUT2D eigenvalue weighted by Gasteiger charge is -1.98. The fourth-order valence-corrected chi connectivity index (χ4v) is 1.22. The SMILES string of the molecule is O=C(NS(=O)(=O)Cl)c1cccnc1. The highest BCUT2D eigenvalue weighted by Crippen LogP contribution is 1.98. The highest BCUT2D eigenvalue weighted by atomic mass is 35.7. The summed E-state index contributed by atoms with van der Waals surface area (Å²) < 4.78 is 22.5. The highest BCUT2D eigenvalue weighted by Gasteiger charge is 2.11. The van der Waals surface area contributed by atoms with Gasteiger partial charge in [-0.2, -0.15) is 8.42 Å². The number of pyridine rings is 1. The van der Waals surface area contributed by atoms with Crippen molar-refractivity contribution in [2.24, 2.45) is 0 Å².